The molecule has 0 saturated carbocycles. The Bertz CT molecular complexity index is 713. The Kier molecular flexibility index (Phi) is 3.34. The third kappa shape index (κ3) is 2.62. The summed E-state index contributed by atoms with van der Waals surface area (Å²) in [6.45, 7) is 2.38. The van der Waals surface area contributed by atoms with Gasteiger partial charge in [0.2, 0.25) is 0 Å². The number of hydrogen-bond donors (Lipinski definition) is 3. The van der Waals surface area contributed by atoms with Crippen molar-refractivity contribution in [3.05, 3.63) is 46.3 Å². The fraction of sp³-hybridized carbons (Fsp3) is 0.154. The lowest BCUT2D eigenvalue weighted by Crippen LogP contribution is -2.23. The van der Waals surface area contributed by atoms with Crippen LogP contribution in [0.4, 0.5) is 0 Å². The van der Waals surface area contributed by atoms with Crippen LogP contribution in [0.5, 0.6) is 0 Å². The molecule has 1 amide bonds. The highest BCUT2D eigenvalue weighted by Gasteiger charge is 2.11. The van der Waals surface area contributed by atoms with Crippen LogP contribution in [0.3, 0.4) is 0 Å². The third-order valence-electron chi connectivity index (χ3n) is 2.84. The predicted octanol–water partition coefficient (Wildman–Crippen LogP) is 2.10. The lowest BCUT2D eigenvalue weighted by molar-refractivity contribution is 0.0946. The molecule has 102 valence electrons. The molecule has 0 aromatic carbocycles. The van der Waals surface area contributed by atoms with E-state index in [0.29, 0.717) is 12.2 Å². The number of nitrogens with one attached hydrogen (secondary N) is 3. The van der Waals surface area contributed by atoms with Crippen molar-refractivity contribution >= 4 is 17.2 Å². The van der Waals surface area contributed by atoms with Gasteiger partial charge in [-0.05, 0) is 19.1 Å². The van der Waals surface area contributed by atoms with Gasteiger partial charge in [-0.15, -0.1) is 11.3 Å². The molecule has 0 aliphatic heterocycles. The molecular weight excluding hydrogens is 274 g/mol. The number of thiazole rings is 1. The lowest BCUT2D eigenvalue weighted by Gasteiger charge is -2.00. The van der Waals surface area contributed by atoms with E-state index in [1.54, 1.807) is 29.8 Å². The molecule has 0 spiro atoms. The standard InChI is InChI=1S/C13H13N5OS/c1-8-17-12(7-20-8)9-4-11(14-5-9)13(19)15-6-10-2-3-16-18-10/h2-5,7,14H,6H2,1H3,(H,15,19)(H,16,18). The first kappa shape index (κ1) is 12.6. The molecule has 3 N–H and O–H groups in total. The number of amides is 1. The second kappa shape index (κ2) is 5.30. The Balaban J connectivity index is 1.68. The number of aromatic nitrogens is 4. The Morgan fingerprint density at radius 2 is 2.40 bits per heavy atom. The van der Waals surface area contributed by atoms with Crippen molar-refractivity contribution < 1.29 is 4.79 Å². The van der Waals surface area contributed by atoms with Gasteiger partial charge in [-0.2, -0.15) is 5.10 Å². The summed E-state index contributed by atoms with van der Waals surface area (Å²) in [5.74, 6) is -0.155. The number of carbonyl (C=O) groups excluding carboxylic acids is 1. The zero-order chi connectivity index (χ0) is 13.9. The molecule has 0 unspecified atom stereocenters. The highest BCUT2D eigenvalue weighted by atomic mass is 32.1. The second-order valence-electron chi connectivity index (χ2n) is 4.32. The molecule has 0 aliphatic carbocycles. The molecule has 0 radical (unpaired) electrons. The molecule has 0 aliphatic rings. The van der Waals surface area contributed by atoms with Gasteiger partial charge in [0.1, 0.15) is 5.69 Å². The van der Waals surface area contributed by atoms with E-state index in [2.05, 4.69) is 25.5 Å². The summed E-state index contributed by atoms with van der Waals surface area (Å²) in [5, 5.41) is 12.4. The molecule has 3 aromatic rings. The normalized spacial score (nSPS) is 10.7. The summed E-state index contributed by atoms with van der Waals surface area (Å²) in [7, 11) is 0. The van der Waals surface area contributed by atoms with Crippen LogP contribution < -0.4 is 5.32 Å². The van der Waals surface area contributed by atoms with E-state index < -0.39 is 0 Å². The average Bonchev–Trinajstić information content (AvgIpc) is 3.16. The van der Waals surface area contributed by atoms with Crippen LogP contribution in [0.1, 0.15) is 21.2 Å². The van der Waals surface area contributed by atoms with Gasteiger partial charge < -0.3 is 10.3 Å². The number of aromatic amines is 2. The summed E-state index contributed by atoms with van der Waals surface area (Å²) in [6, 6.07) is 3.62. The van der Waals surface area contributed by atoms with E-state index in [1.165, 1.54) is 0 Å². The van der Waals surface area contributed by atoms with Crippen LogP contribution in [0.2, 0.25) is 0 Å². The summed E-state index contributed by atoms with van der Waals surface area (Å²) in [6.07, 6.45) is 3.44. The second-order valence-corrected chi connectivity index (χ2v) is 5.38. The van der Waals surface area contributed by atoms with Gasteiger partial charge >= 0.3 is 0 Å². The smallest absolute Gasteiger partial charge is 0.268 e. The summed E-state index contributed by atoms with van der Waals surface area (Å²) < 4.78 is 0. The number of hydrogen-bond acceptors (Lipinski definition) is 4. The minimum absolute atomic E-state index is 0.155. The minimum Gasteiger partial charge on any atom is -0.357 e. The van der Waals surface area contributed by atoms with Crippen molar-refractivity contribution in [2.24, 2.45) is 0 Å². The van der Waals surface area contributed by atoms with E-state index in [-0.39, 0.29) is 5.91 Å². The van der Waals surface area contributed by atoms with Crippen molar-refractivity contribution in [1.29, 1.82) is 0 Å². The van der Waals surface area contributed by atoms with Crippen LogP contribution in [-0.2, 0) is 6.54 Å². The Hall–Kier alpha value is -2.41. The highest BCUT2D eigenvalue weighted by Crippen LogP contribution is 2.22. The first-order valence-electron chi connectivity index (χ1n) is 6.10. The maximum atomic E-state index is 12.0. The lowest BCUT2D eigenvalue weighted by atomic mass is 10.2. The van der Waals surface area contributed by atoms with E-state index in [1.807, 2.05) is 18.4 Å². The van der Waals surface area contributed by atoms with E-state index in [4.69, 9.17) is 0 Å². The Morgan fingerprint density at radius 1 is 1.50 bits per heavy atom. The minimum atomic E-state index is -0.155. The molecule has 3 rings (SSSR count). The van der Waals surface area contributed by atoms with Gasteiger partial charge in [0, 0.05) is 23.3 Å². The SMILES string of the molecule is Cc1nc(-c2c[nH]c(C(=O)NCc3ccn[nH]3)c2)cs1. The predicted molar refractivity (Wildman–Crippen MR) is 76.4 cm³/mol. The van der Waals surface area contributed by atoms with Crippen molar-refractivity contribution in [2.75, 3.05) is 0 Å². The number of carbonyl (C=O) groups is 1. The summed E-state index contributed by atoms with van der Waals surface area (Å²) in [4.78, 5) is 19.4. The first-order chi connectivity index (χ1) is 9.72. The Labute approximate surface area is 119 Å². The monoisotopic (exact) mass is 287 g/mol. The molecular formula is C13H13N5OS. The average molecular weight is 287 g/mol. The van der Waals surface area contributed by atoms with Crippen molar-refractivity contribution in [1.82, 2.24) is 25.5 Å². The summed E-state index contributed by atoms with van der Waals surface area (Å²) in [5.41, 5.74) is 3.18. The fourth-order valence-corrected chi connectivity index (χ4v) is 2.45. The highest BCUT2D eigenvalue weighted by molar-refractivity contribution is 7.09. The molecule has 0 fully saturated rings. The van der Waals surface area contributed by atoms with Crippen molar-refractivity contribution in [3.63, 3.8) is 0 Å². The maximum Gasteiger partial charge on any atom is 0.268 e. The number of aryl methyl sites for hydroxylation is 1. The first-order valence-corrected chi connectivity index (χ1v) is 6.98. The van der Waals surface area contributed by atoms with Crippen molar-refractivity contribution in [3.8, 4) is 11.3 Å². The van der Waals surface area contributed by atoms with Crippen LogP contribution in [0.25, 0.3) is 11.3 Å². The molecule has 20 heavy (non-hydrogen) atoms. The maximum absolute atomic E-state index is 12.0. The van der Waals surface area contributed by atoms with Gasteiger partial charge in [0.15, 0.2) is 0 Å². The van der Waals surface area contributed by atoms with E-state index in [9.17, 15) is 4.79 Å². The van der Waals surface area contributed by atoms with Gasteiger partial charge in [-0.3, -0.25) is 9.89 Å². The zero-order valence-corrected chi connectivity index (χ0v) is 11.6. The molecule has 0 atom stereocenters. The van der Waals surface area contributed by atoms with Gasteiger partial charge in [0.05, 0.1) is 22.9 Å². The van der Waals surface area contributed by atoms with Gasteiger partial charge in [0.25, 0.3) is 5.91 Å². The number of H-pyrrole nitrogens is 2. The molecule has 3 heterocycles. The van der Waals surface area contributed by atoms with Gasteiger partial charge in [-0.1, -0.05) is 0 Å². The molecule has 6 nitrogen and oxygen atoms in total. The van der Waals surface area contributed by atoms with Crippen LogP contribution in [-0.4, -0.2) is 26.1 Å². The van der Waals surface area contributed by atoms with Crippen LogP contribution in [0, 0.1) is 6.92 Å². The van der Waals surface area contributed by atoms with Crippen LogP contribution in [0.15, 0.2) is 29.9 Å². The van der Waals surface area contributed by atoms with E-state index in [0.717, 1.165) is 22.0 Å². The number of rotatable bonds is 4. The third-order valence-corrected chi connectivity index (χ3v) is 3.61. The molecule has 3 aromatic heterocycles. The molecule has 7 heteroatoms. The number of nitrogens with zero attached hydrogens (tertiary/aromatic N) is 2. The fourth-order valence-electron chi connectivity index (χ4n) is 1.82. The van der Waals surface area contributed by atoms with Crippen LogP contribution >= 0.6 is 11.3 Å². The quantitative estimate of drug-likeness (QED) is 0.686. The summed E-state index contributed by atoms with van der Waals surface area (Å²) >= 11 is 1.59. The topological polar surface area (TPSA) is 86.5 Å². The Morgan fingerprint density at radius 3 is 3.10 bits per heavy atom. The zero-order valence-electron chi connectivity index (χ0n) is 10.8. The molecule has 0 bridgehead atoms. The van der Waals surface area contributed by atoms with E-state index >= 15 is 0 Å². The largest absolute Gasteiger partial charge is 0.357 e. The molecule has 0 saturated heterocycles. The van der Waals surface area contributed by atoms with Crippen molar-refractivity contribution in [2.45, 2.75) is 13.5 Å². The van der Waals surface area contributed by atoms with Gasteiger partial charge in [-0.25, -0.2) is 4.98 Å².